The van der Waals surface area contributed by atoms with E-state index in [9.17, 15) is 4.79 Å². The van der Waals surface area contributed by atoms with Crippen molar-refractivity contribution in [3.8, 4) is 10.7 Å². The lowest BCUT2D eigenvalue weighted by atomic mass is 10.4. The lowest BCUT2D eigenvalue weighted by Crippen LogP contribution is -2.19. The minimum Gasteiger partial charge on any atom is -0.479 e. The number of rotatable bonds is 5. The van der Waals surface area contributed by atoms with Crippen molar-refractivity contribution in [1.29, 1.82) is 0 Å². The molecule has 1 N–H and O–H groups in total. The molecular formula is C10H10N2O4S. The van der Waals surface area contributed by atoms with Crippen LogP contribution in [0.4, 0.5) is 0 Å². The van der Waals surface area contributed by atoms with E-state index < -0.39 is 12.1 Å². The van der Waals surface area contributed by atoms with Crippen LogP contribution in [0.5, 0.6) is 0 Å². The zero-order valence-corrected chi connectivity index (χ0v) is 9.81. The fraction of sp³-hybridized carbons (Fsp3) is 0.300. The number of carboxylic acid groups (broad SMARTS) is 1. The number of aliphatic carboxylic acids is 1. The topological polar surface area (TPSA) is 85.5 Å². The normalized spacial score (nSPS) is 12.5. The van der Waals surface area contributed by atoms with Crippen molar-refractivity contribution in [2.24, 2.45) is 0 Å². The predicted molar refractivity (Wildman–Crippen MR) is 59.5 cm³/mol. The Labute approximate surface area is 101 Å². The number of aromatic nitrogens is 2. The Hall–Kier alpha value is -1.73. The molecule has 6 nitrogen and oxygen atoms in total. The summed E-state index contributed by atoms with van der Waals surface area (Å²) in [4.78, 5) is 15.5. The first-order valence-electron chi connectivity index (χ1n) is 4.87. The van der Waals surface area contributed by atoms with Gasteiger partial charge < -0.3 is 14.4 Å². The van der Waals surface area contributed by atoms with Gasteiger partial charge in [0.25, 0.3) is 5.89 Å². The quantitative estimate of drug-likeness (QED) is 0.875. The van der Waals surface area contributed by atoms with Gasteiger partial charge in [-0.05, 0) is 18.4 Å². The second-order valence-corrected chi connectivity index (χ2v) is 4.23. The monoisotopic (exact) mass is 254 g/mol. The van der Waals surface area contributed by atoms with Crippen LogP contribution >= 0.6 is 11.3 Å². The van der Waals surface area contributed by atoms with Gasteiger partial charge in [-0.1, -0.05) is 11.2 Å². The number of nitrogens with zero attached hydrogens (tertiary/aromatic N) is 2. The molecule has 2 aromatic heterocycles. The van der Waals surface area contributed by atoms with E-state index in [1.165, 1.54) is 18.3 Å². The van der Waals surface area contributed by atoms with Crippen LogP contribution in [0.15, 0.2) is 22.0 Å². The second-order valence-electron chi connectivity index (χ2n) is 3.28. The molecule has 0 fully saturated rings. The summed E-state index contributed by atoms with van der Waals surface area (Å²) in [6, 6.07) is 3.76. The molecule has 0 spiro atoms. The molecule has 2 heterocycles. The Morgan fingerprint density at radius 1 is 1.71 bits per heavy atom. The molecule has 0 aromatic carbocycles. The summed E-state index contributed by atoms with van der Waals surface area (Å²) in [5.74, 6) is -0.272. The first-order valence-corrected chi connectivity index (χ1v) is 5.75. The van der Waals surface area contributed by atoms with Gasteiger partial charge in [0.1, 0.15) is 6.61 Å². The van der Waals surface area contributed by atoms with Crippen LogP contribution in [0, 0.1) is 0 Å². The molecule has 90 valence electrons. The highest BCUT2D eigenvalue weighted by molar-refractivity contribution is 7.13. The average Bonchev–Trinajstić information content (AvgIpc) is 2.95. The summed E-state index contributed by atoms with van der Waals surface area (Å²) in [7, 11) is 0. The van der Waals surface area contributed by atoms with Gasteiger partial charge in [0, 0.05) is 0 Å². The summed E-state index contributed by atoms with van der Waals surface area (Å²) in [5, 5.41) is 14.3. The number of ether oxygens (including phenoxy) is 1. The zero-order valence-electron chi connectivity index (χ0n) is 8.99. The van der Waals surface area contributed by atoms with E-state index in [4.69, 9.17) is 14.4 Å². The standard InChI is InChI=1S/C10H10N2O4S/c1-6(10(13)14)15-5-8-11-9(12-16-8)7-3-2-4-17-7/h2-4,6H,5H2,1H3,(H,13,14)/t6-/m0/s1. The lowest BCUT2D eigenvalue weighted by molar-refractivity contribution is -0.150. The van der Waals surface area contributed by atoms with E-state index in [1.54, 1.807) is 0 Å². The Balaban J connectivity index is 1.97. The molecule has 0 unspecified atom stereocenters. The number of hydrogen-bond acceptors (Lipinski definition) is 6. The molecule has 0 aliphatic rings. The second kappa shape index (κ2) is 5.07. The van der Waals surface area contributed by atoms with E-state index >= 15 is 0 Å². The van der Waals surface area contributed by atoms with Crippen molar-refractivity contribution in [2.45, 2.75) is 19.6 Å². The third kappa shape index (κ3) is 2.89. The molecule has 1 atom stereocenters. The molecule has 0 saturated carbocycles. The van der Waals surface area contributed by atoms with Gasteiger partial charge in [-0.2, -0.15) is 4.98 Å². The van der Waals surface area contributed by atoms with E-state index in [0.717, 1.165) is 4.88 Å². The molecule has 2 rings (SSSR count). The predicted octanol–water partition coefficient (Wildman–Crippen LogP) is 1.79. The van der Waals surface area contributed by atoms with Crippen LogP contribution in [-0.4, -0.2) is 27.3 Å². The Kier molecular flexibility index (Phi) is 3.50. The first-order chi connectivity index (χ1) is 8.16. The van der Waals surface area contributed by atoms with E-state index in [0.29, 0.717) is 5.82 Å². The molecule has 0 aliphatic carbocycles. The molecule has 0 bridgehead atoms. The summed E-state index contributed by atoms with van der Waals surface area (Å²) in [6.07, 6.45) is -0.896. The van der Waals surface area contributed by atoms with E-state index in [1.807, 2.05) is 17.5 Å². The van der Waals surface area contributed by atoms with Crippen molar-refractivity contribution in [3.63, 3.8) is 0 Å². The molecule has 17 heavy (non-hydrogen) atoms. The maximum Gasteiger partial charge on any atom is 0.332 e. The van der Waals surface area contributed by atoms with Gasteiger partial charge in [0.2, 0.25) is 5.82 Å². The molecule has 7 heteroatoms. The molecule has 2 aromatic rings. The van der Waals surface area contributed by atoms with Gasteiger partial charge >= 0.3 is 5.97 Å². The Morgan fingerprint density at radius 2 is 2.53 bits per heavy atom. The van der Waals surface area contributed by atoms with Gasteiger partial charge in [-0.3, -0.25) is 0 Å². The first kappa shape index (κ1) is 11.7. The smallest absolute Gasteiger partial charge is 0.332 e. The minimum atomic E-state index is -1.03. The maximum atomic E-state index is 10.5. The lowest BCUT2D eigenvalue weighted by Gasteiger charge is -2.04. The van der Waals surface area contributed by atoms with Gasteiger partial charge in [0.15, 0.2) is 6.10 Å². The summed E-state index contributed by atoms with van der Waals surface area (Å²) in [5.41, 5.74) is 0. The largest absolute Gasteiger partial charge is 0.479 e. The molecule has 0 saturated heterocycles. The van der Waals surface area contributed by atoms with Crippen LogP contribution in [0.1, 0.15) is 12.8 Å². The van der Waals surface area contributed by atoms with Crippen LogP contribution < -0.4 is 0 Å². The van der Waals surface area contributed by atoms with Crippen LogP contribution in [0.3, 0.4) is 0 Å². The van der Waals surface area contributed by atoms with Crippen molar-refractivity contribution in [3.05, 3.63) is 23.4 Å². The third-order valence-corrected chi connectivity index (χ3v) is 2.88. The van der Waals surface area contributed by atoms with Crippen molar-refractivity contribution in [1.82, 2.24) is 10.1 Å². The number of hydrogen-bond donors (Lipinski definition) is 1. The van der Waals surface area contributed by atoms with Crippen molar-refractivity contribution in [2.75, 3.05) is 0 Å². The Morgan fingerprint density at radius 3 is 3.18 bits per heavy atom. The fourth-order valence-corrected chi connectivity index (χ4v) is 1.74. The van der Waals surface area contributed by atoms with Crippen molar-refractivity contribution < 1.29 is 19.2 Å². The number of carbonyl (C=O) groups is 1. The molecule has 0 amide bonds. The van der Waals surface area contributed by atoms with Gasteiger partial charge in [-0.25, -0.2) is 4.79 Å². The SMILES string of the molecule is C[C@H](OCc1nc(-c2cccs2)no1)C(=O)O. The number of thiophene rings is 1. The minimum absolute atomic E-state index is 0.00809. The Bertz CT molecular complexity index is 494. The highest BCUT2D eigenvalue weighted by atomic mass is 32.1. The van der Waals surface area contributed by atoms with Crippen LogP contribution in [-0.2, 0) is 16.1 Å². The number of carboxylic acids is 1. The molecule has 0 radical (unpaired) electrons. The average molecular weight is 254 g/mol. The van der Waals surface area contributed by atoms with E-state index in [2.05, 4.69) is 10.1 Å². The van der Waals surface area contributed by atoms with Crippen LogP contribution in [0.25, 0.3) is 10.7 Å². The zero-order chi connectivity index (χ0) is 12.3. The fourth-order valence-electron chi connectivity index (χ4n) is 1.09. The van der Waals surface area contributed by atoms with Gasteiger partial charge in [0.05, 0.1) is 4.88 Å². The summed E-state index contributed by atoms with van der Waals surface area (Å²) >= 11 is 1.50. The third-order valence-electron chi connectivity index (χ3n) is 2.01. The molecular weight excluding hydrogens is 244 g/mol. The summed E-state index contributed by atoms with van der Waals surface area (Å²) < 4.78 is 9.97. The maximum absolute atomic E-state index is 10.5. The summed E-state index contributed by atoms with van der Waals surface area (Å²) in [6.45, 7) is 1.44. The van der Waals surface area contributed by atoms with E-state index in [-0.39, 0.29) is 12.5 Å². The van der Waals surface area contributed by atoms with Crippen molar-refractivity contribution >= 4 is 17.3 Å². The highest BCUT2D eigenvalue weighted by Crippen LogP contribution is 2.21. The van der Waals surface area contributed by atoms with Gasteiger partial charge in [-0.15, -0.1) is 11.3 Å². The van der Waals surface area contributed by atoms with Crippen LogP contribution in [0.2, 0.25) is 0 Å². The highest BCUT2D eigenvalue weighted by Gasteiger charge is 2.14. The molecule has 0 aliphatic heterocycles.